The van der Waals surface area contributed by atoms with E-state index in [4.69, 9.17) is 9.47 Å². The largest absolute Gasteiger partial charge is 0.465 e. The van der Waals surface area contributed by atoms with Crippen LogP contribution in [0.4, 0.5) is 22.9 Å². The summed E-state index contributed by atoms with van der Waals surface area (Å²) in [4.78, 5) is 54.8. The van der Waals surface area contributed by atoms with E-state index in [1.165, 1.54) is 48.5 Å². The molecule has 0 spiro atoms. The van der Waals surface area contributed by atoms with Gasteiger partial charge in [-0.05, 0) is 85.3 Å². The first-order chi connectivity index (χ1) is 26.7. The maximum Gasteiger partial charge on any atom is 0.341 e. The maximum absolute atomic E-state index is 13.1. The molecule has 0 saturated carbocycles. The molecule has 1 heterocycles. The van der Waals surface area contributed by atoms with Crippen LogP contribution in [0.15, 0.2) is 88.8 Å². The zero-order valence-corrected chi connectivity index (χ0v) is 33.1. The number of benzene rings is 3. The summed E-state index contributed by atoms with van der Waals surface area (Å²) in [6.07, 6.45) is 6.08. The Kier molecular flexibility index (Phi) is 15.1. The van der Waals surface area contributed by atoms with Gasteiger partial charge in [-0.1, -0.05) is 51.0 Å². The highest BCUT2D eigenvalue weighted by molar-refractivity contribution is 7.93. The van der Waals surface area contributed by atoms with Crippen molar-refractivity contribution in [2.24, 2.45) is 0 Å². The minimum Gasteiger partial charge on any atom is -0.465 e. The summed E-state index contributed by atoms with van der Waals surface area (Å²) in [5, 5.41) is 5.09. The van der Waals surface area contributed by atoms with Gasteiger partial charge in [0, 0.05) is 18.5 Å². The third-order valence-electron chi connectivity index (χ3n) is 8.45. The van der Waals surface area contributed by atoms with E-state index in [1.807, 2.05) is 0 Å². The molecule has 17 heteroatoms. The molecule has 3 aromatic carbocycles. The zero-order valence-electron chi connectivity index (χ0n) is 31.5. The first-order valence-corrected chi connectivity index (χ1v) is 20.8. The minimum atomic E-state index is -4.14. The molecular weight excluding hydrogens is 763 g/mol. The Bertz CT molecular complexity index is 2100. The second kappa shape index (κ2) is 19.7. The molecule has 0 aliphatic rings. The van der Waals surface area contributed by atoms with Gasteiger partial charge in [0.1, 0.15) is 5.56 Å². The standard InChI is InChI=1S/C39H45N5O10S2/c1-5-7-9-26-11-16-30(17-12-26)55(49,50)43-34-20-15-28(23-32(34)38(47)53-3)41-35(45)21-22-36(46)42-29-24-33(39(48)54-4)37(40-25-29)44-56(51,52)31-18-13-27(14-19-31)10-8-6-2/h11-20,23-25,43H,5-10,21-22H2,1-4H3,(H,40,44)(H,41,45)(H,42,46). The lowest BCUT2D eigenvalue weighted by Gasteiger charge is -2.14. The van der Waals surface area contributed by atoms with Gasteiger partial charge in [0.25, 0.3) is 20.0 Å². The molecule has 56 heavy (non-hydrogen) atoms. The normalized spacial score (nSPS) is 11.3. The fraction of sp³-hybridized carbons (Fsp3) is 0.308. The van der Waals surface area contributed by atoms with Crippen LogP contribution in [0.3, 0.4) is 0 Å². The van der Waals surface area contributed by atoms with Crippen LogP contribution in [0.25, 0.3) is 0 Å². The summed E-state index contributed by atoms with van der Waals surface area (Å²) in [5.74, 6) is -3.33. The fourth-order valence-electron chi connectivity index (χ4n) is 5.37. The van der Waals surface area contributed by atoms with Gasteiger partial charge in [-0.15, -0.1) is 0 Å². The molecule has 1 aromatic heterocycles. The number of sulfonamides is 2. The average Bonchev–Trinajstić information content (AvgIpc) is 3.19. The molecule has 4 rings (SSSR count). The molecule has 4 aromatic rings. The molecule has 0 radical (unpaired) electrons. The zero-order chi connectivity index (χ0) is 40.9. The maximum atomic E-state index is 13.1. The number of ether oxygens (including phenoxy) is 2. The summed E-state index contributed by atoms with van der Waals surface area (Å²) in [6.45, 7) is 4.13. The van der Waals surface area contributed by atoms with Crippen LogP contribution >= 0.6 is 0 Å². The summed E-state index contributed by atoms with van der Waals surface area (Å²) >= 11 is 0. The van der Waals surface area contributed by atoms with Gasteiger partial charge in [-0.2, -0.15) is 0 Å². The topological polar surface area (TPSA) is 216 Å². The quantitative estimate of drug-likeness (QED) is 0.0771. The van der Waals surface area contributed by atoms with Crippen molar-refractivity contribution >= 4 is 66.7 Å². The Morgan fingerprint density at radius 1 is 0.607 bits per heavy atom. The van der Waals surface area contributed by atoms with E-state index < -0.39 is 43.8 Å². The summed E-state index contributed by atoms with van der Waals surface area (Å²) in [5.41, 5.74) is 1.66. The number of aryl methyl sites for hydroxylation is 2. The number of aromatic nitrogens is 1. The fourth-order valence-corrected chi connectivity index (χ4v) is 7.48. The molecule has 298 valence electrons. The molecule has 4 N–H and O–H groups in total. The van der Waals surface area contributed by atoms with E-state index in [9.17, 15) is 36.0 Å². The van der Waals surface area contributed by atoms with Crippen molar-refractivity contribution in [3.63, 3.8) is 0 Å². The predicted octanol–water partition coefficient (Wildman–Crippen LogP) is 6.30. The highest BCUT2D eigenvalue weighted by atomic mass is 32.2. The number of methoxy groups -OCH3 is 2. The smallest absolute Gasteiger partial charge is 0.341 e. The monoisotopic (exact) mass is 807 g/mol. The number of hydrogen-bond donors (Lipinski definition) is 4. The number of anilines is 4. The summed E-state index contributed by atoms with van der Waals surface area (Å²) in [6, 6.07) is 17.9. The Balaban J connectivity index is 1.39. The average molecular weight is 808 g/mol. The Labute approximate surface area is 326 Å². The van der Waals surface area contributed by atoms with Crippen molar-refractivity contribution in [3.05, 3.63) is 101 Å². The number of pyridine rings is 1. The number of hydrogen-bond acceptors (Lipinski definition) is 11. The van der Waals surface area contributed by atoms with E-state index in [2.05, 4.69) is 38.9 Å². The molecular formula is C39H45N5O10S2. The molecule has 15 nitrogen and oxygen atoms in total. The third kappa shape index (κ3) is 11.8. The molecule has 0 bridgehead atoms. The minimum absolute atomic E-state index is 0.00110. The molecule has 0 aliphatic carbocycles. The number of nitrogens with zero attached hydrogens (tertiary/aromatic N) is 1. The van der Waals surface area contributed by atoms with Gasteiger partial charge in [-0.3, -0.25) is 19.0 Å². The highest BCUT2D eigenvalue weighted by Gasteiger charge is 2.23. The second-order valence-electron chi connectivity index (χ2n) is 12.7. The second-order valence-corrected chi connectivity index (χ2v) is 16.0. The van der Waals surface area contributed by atoms with Gasteiger partial charge in [-0.25, -0.2) is 31.4 Å². The van der Waals surface area contributed by atoms with Crippen LogP contribution in [-0.4, -0.2) is 59.8 Å². The number of nitrogens with one attached hydrogen (secondary N) is 4. The molecule has 0 fully saturated rings. The van der Waals surface area contributed by atoms with E-state index in [-0.39, 0.29) is 56.6 Å². The summed E-state index contributed by atoms with van der Waals surface area (Å²) < 4.78 is 66.8. The van der Waals surface area contributed by atoms with Crippen molar-refractivity contribution in [1.82, 2.24) is 4.98 Å². The van der Waals surface area contributed by atoms with Crippen LogP contribution in [0.2, 0.25) is 0 Å². The van der Waals surface area contributed by atoms with Crippen LogP contribution in [0.1, 0.15) is 84.2 Å². The first-order valence-electron chi connectivity index (χ1n) is 17.8. The van der Waals surface area contributed by atoms with Crippen LogP contribution in [-0.2, 0) is 52.0 Å². The lowest BCUT2D eigenvalue weighted by molar-refractivity contribution is -0.121. The lowest BCUT2D eigenvalue weighted by atomic mass is 10.1. The molecule has 0 atom stereocenters. The number of rotatable bonds is 19. The first kappa shape index (κ1) is 42.9. The molecule has 0 aliphatic heterocycles. The number of esters is 2. The van der Waals surface area contributed by atoms with Crippen LogP contribution in [0.5, 0.6) is 0 Å². The Morgan fingerprint density at radius 3 is 1.57 bits per heavy atom. The predicted molar refractivity (Wildman–Crippen MR) is 212 cm³/mol. The van der Waals surface area contributed by atoms with E-state index >= 15 is 0 Å². The van der Waals surface area contributed by atoms with Crippen LogP contribution in [0, 0.1) is 0 Å². The number of carbonyl (C=O) groups excluding carboxylic acids is 4. The Hall–Kier alpha value is -5.81. The number of carbonyl (C=O) groups is 4. The van der Waals surface area contributed by atoms with Crippen molar-refractivity contribution in [2.75, 3.05) is 34.3 Å². The van der Waals surface area contributed by atoms with Gasteiger partial charge in [0.05, 0.1) is 47.1 Å². The van der Waals surface area contributed by atoms with E-state index in [1.54, 1.807) is 24.3 Å². The van der Waals surface area contributed by atoms with Crippen molar-refractivity contribution in [2.45, 2.75) is 75.0 Å². The van der Waals surface area contributed by atoms with E-state index in [0.717, 1.165) is 70.1 Å². The van der Waals surface area contributed by atoms with Gasteiger partial charge in [0.2, 0.25) is 11.8 Å². The number of amides is 2. The SMILES string of the molecule is CCCCc1ccc(S(=O)(=O)Nc2ccc(NC(=O)CCC(=O)Nc3cnc(NS(=O)(=O)c4ccc(CCCC)cc4)c(C(=O)OC)c3)cc2C(=O)OC)cc1. The Morgan fingerprint density at radius 2 is 1.07 bits per heavy atom. The van der Waals surface area contributed by atoms with Crippen molar-refractivity contribution in [3.8, 4) is 0 Å². The summed E-state index contributed by atoms with van der Waals surface area (Å²) in [7, 11) is -5.99. The highest BCUT2D eigenvalue weighted by Crippen LogP contribution is 2.26. The van der Waals surface area contributed by atoms with Crippen molar-refractivity contribution < 1.29 is 45.5 Å². The van der Waals surface area contributed by atoms with Gasteiger partial charge in [0.15, 0.2) is 5.82 Å². The molecule has 0 saturated heterocycles. The van der Waals surface area contributed by atoms with Crippen LogP contribution < -0.4 is 20.1 Å². The molecule has 0 unspecified atom stereocenters. The lowest BCUT2D eigenvalue weighted by Crippen LogP contribution is -2.20. The number of unbranched alkanes of at least 4 members (excludes halogenated alkanes) is 2. The van der Waals surface area contributed by atoms with Gasteiger partial charge < -0.3 is 20.1 Å². The third-order valence-corrected chi connectivity index (χ3v) is 11.2. The van der Waals surface area contributed by atoms with Gasteiger partial charge >= 0.3 is 11.9 Å². The van der Waals surface area contributed by atoms with E-state index in [0.29, 0.717) is 0 Å². The molecule has 2 amide bonds. The van der Waals surface area contributed by atoms with Crippen molar-refractivity contribution in [1.29, 1.82) is 0 Å².